The molecule has 2 aromatic rings. The Balaban J connectivity index is 1.62. The SMILES string of the molecule is COC(=O)C1C=CC(OCC[Si](c2ccccc2)(c2ccccc2)C(C)(C)C)=C2CCN(C(=O)OC(C)(C)C)CC21. The van der Waals surface area contributed by atoms with E-state index in [1.807, 2.05) is 32.9 Å². The smallest absolute Gasteiger partial charge is 0.410 e. The lowest BCUT2D eigenvalue weighted by Gasteiger charge is -2.44. The number of carbonyl (C=O) groups is 2. The van der Waals surface area contributed by atoms with Gasteiger partial charge >= 0.3 is 12.1 Å². The van der Waals surface area contributed by atoms with Crippen molar-refractivity contribution in [2.75, 3.05) is 26.8 Å². The highest BCUT2D eigenvalue weighted by molar-refractivity contribution is 7.04. The number of amides is 1. The molecule has 6 nitrogen and oxygen atoms in total. The molecule has 0 radical (unpaired) electrons. The maximum Gasteiger partial charge on any atom is 0.410 e. The molecule has 1 heterocycles. The third kappa shape index (κ3) is 6.61. The summed E-state index contributed by atoms with van der Waals surface area (Å²) in [4.78, 5) is 27.3. The van der Waals surface area contributed by atoms with Crippen LogP contribution in [0.5, 0.6) is 0 Å². The summed E-state index contributed by atoms with van der Waals surface area (Å²) >= 11 is 0. The van der Waals surface area contributed by atoms with E-state index in [-0.39, 0.29) is 23.0 Å². The molecule has 0 bridgehead atoms. The van der Waals surface area contributed by atoms with Gasteiger partial charge in [0, 0.05) is 19.0 Å². The van der Waals surface area contributed by atoms with E-state index in [4.69, 9.17) is 14.2 Å². The third-order valence-electron chi connectivity index (χ3n) is 8.39. The van der Waals surface area contributed by atoms with Crippen LogP contribution < -0.4 is 10.4 Å². The molecule has 41 heavy (non-hydrogen) atoms. The molecule has 2 atom stereocenters. The predicted molar refractivity (Wildman–Crippen MR) is 166 cm³/mol. The van der Waals surface area contributed by atoms with Crippen LogP contribution in [-0.2, 0) is 19.0 Å². The first kappa shape index (κ1) is 30.6. The minimum absolute atomic E-state index is 0.0382. The molecule has 7 heteroatoms. The summed E-state index contributed by atoms with van der Waals surface area (Å²) in [6.45, 7) is 14.1. The van der Waals surface area contributed by atoms with Crippen molar-refractivity contribution in [3.63, 3.8) is 0 Å². The van der Waals surface area contributed by atoms with E-state index in [0.717, 1.165) is 17.4 Å². The minimum Gasteiger partial charge on any atom is -0.494 e. The molecule has 2 aliphatic rings. The van der Waals surface area contributed by atoms with Crippen molar-refractivity contribution in [3.05, 3.63) is 84.1 Å². The van der Waals surface area contributed by atoms with E-state index in [9.17, 15) is 9.59 Å². The average molecular weight is 576 g/mol. The lowest BCUT2D eigenvalue weighted by Crippen LogP contribution is -2.64. The highest BCUT2D eigenvalue weighted by atomic mass is 28.3. The summed E-state index contributed by atoms with van der Waals surface area (Å²) in [5, 5.41) is 2.83. The zero-order chi connectivity index (χ0) is 29.8. The Kier molecular flexibility index (Phi) is 9.17. The third-order valence-corrected chi connectivity index (χ3v) is 14.5. The highest BCUT2D eigenvalue weighted by Crippen LogP contribution is 2.40. The van der Waals surface area contributed by atoms with Gasteiger partial charge in [-0.3, -0.25) is 4.79 Å². The van der Waals surface area contributed by atoms with Gasteiger partial charge < -0.3 is 19.1 Å². The lowest BCUT2D eigenvalue weighted by molar-refractivity contribution is -0.145. The van der Waals surface area contributed by atoms with Crippen LogP contribution in [0.1, 0.15) is 48.0 Å². The standard InChI is InChI=1S/C34H45NO5Si/c1-33(2,3)40-32(37)35-21-20-27-29(24-35)28(31(36)38-7)18-19-30(27)39-22-23-41(34(4,5)6,25-14-10-8-11-15-25)26-16-12-9-13-17-26/h8-19,28-29H,20-24H2,1-7H3. The second kappa shape index (κ2) is 12.3. The Hall–Kier alpha value is -3.32. The number of likely N-dealkylation sites (tertiary alicyclic amines) is 1. The van der Waals surface area contributed by atoms with E-state index in [2.05, 4.69) is 81.4 Å². The maximum absolute atomic E-state index is 12.9. The minimum atomic E-state index is -2.28. The summed E-state index contributed by atoms with van der Waals surface area (Å²) in [5.41, 5.74) is 0.488. The first-order chi connectivity index (χ1) is 19.4. The molecule has 220 valence electrons. The first-order valence-electron chi connectivity index (χ1n) is 14.6. The van der Waals surface area contributed by atoms with Crippen molar-refractivity contribution in [3.8, 4) is 0 Å². The van der Waals surface area contributed by atoms with Crippen LogP contribution in [-0.4, -0.2) is 57.4 Å². The average Bonchev–Trinajstić information content (AvgIpc) is 2.94. The molecule has 1 aliphatic heterocycles. The Bertz CT molecular complexity index is 1230. The van der Waals surface area contributed by atoms with Gasteiger partial charge in [-0.05, 0) is 49.9 Å². The fourth-order valence-electron chi connectivity index (χ4n) is 6.42. The van der Waals surface area contributed by atoms with Crippen molar-refractivity contribution in [1.82, 2.24) is 4.90 Å². The van der Waals surface area contributed by atoms with Crippen LogP contribution in [0.25, 0.3) is 0 Å². The zero-order valence-corrected chi connectivity index (χ0v) is 26.6. The molecular formula is C34H45NO5Si. The van der Waals surface area contributed by atoms with Crippen LogP contribution in [0.2, 0.25) is 11.1 Å². The molecule has 0 saturated carbocycles. The van der Waals surface area contributed by atoms with Gasteiger partial charge in [-0.15, -0.1) is 0 Å². The van der Waals surface area contributed by atoms with E-state index in [1.54, 1.807) is 4.90 Å². The Morgan fingerprint density at radius 1 is 0.927 bits per heavy atom. The van der Waals surface area contributed by atoms with Crippen LogP contribution in [0, 0.1) is 11.8 Å². The van der Waals surface area contributed by atoms with Crippen molar-refractivity contribution in [1.29, 1.82) is 0 Å². The number of rotatable bonds is 7. The number of hydrogen-bond acceptors (Lipinski definition) is 5. The Labute approximate surface area is 246 Å². The Morgan fingerprint density at radius 2 is 1.51 bits per heavy atom. The van der Waals surface area contributed by atoms with Crippen molar-refractivity contribution in [2.45, 2.75) is 64.6 Å². The molecule has 1 amide bonds. The first-order valence-corrected chi connectivity index (χ1v) is 16.8. The van der Waals surface area contributed by atoms with Crippen LogP contribution in [0.3, 0.4) is 0 Å². The molecule has 1 saturated heterocycles. The van der Waals surface area contributed by atoms with Gasteiger partial charge in [0.25, 0.3) is 0 Å². The van der Waals surface area contributed by atoms with E-state index in [1.165, 1.54) is 17.5 Å². The monoisotopic (exact) mass is 575 g/mol. The van der Waals surface area contributed by atoms with Gasteiger partial charge in [-0.1, -0.05) is 97.9 Å². The normalized spacial score (nSPS) is 19.4. The molecule has 0 N–H and O–H groups in total. The van der Waals surface area contributed by atoms with Gasteiger partial charge in [0.05, 0.1) is 19.6 Å². The molecule has 1 fully saturated rings. The summed E-state index contributed by atoms with van der Waals surface area (Å²) in [6.07, 6.45) is 4.07. The number of methoxy groups -OCH3 is 1. The second-order valence-electron chi connectivity index (χ2n) is 13.1. The number of ether oxygens (including phenoxy) is 3. The van der Waals surface area contributed by atoms with Crippen molar-refractivity contribution < 1.29 is 23.8 Å². The lowest BCUT2D eigenvalue weighted by atomic mass is 9.77. The molecule has 0 spiro atoms. The largest absolute Gasteiger partial charge is 0.494 e. The van der Waals surface area contributed by atoms with Gasteiger partial charge in [0.1, 0.15) is 19.4 Å². The summed E-state index contributed by atoms with van der Waals surface area (Å²) < 4.78 is 17.4. The summed E-state index contributed by atoms with van der Waals surface area (Å²) in [5.74, 6) is -0.168. The molecule has 1 aliphatic carbocycles. The number of benzene rings is 2. The van der Waals surface area contributed by atoms with Crippen molar-refractivity contribution in [2.24, 2.45) is 11.8 Å². The maximum atomic E-state index is 12.9. The highest BCUT2D eigenvalue weighted by Gasteiger charge is 2.47. The number of esters is 1. The number of nitrogens with zero attached hydrogens (tertiary/aromatic N) is 1. The van der Waals surface area contributed by atoms with E-state index < -0.39 is 19.6 Å². The van der Waals surface area contributed by atoms with E-state index in [0.29, 0.717) is 26.1 Å². The number of allylic oxidation sites excluding steroid dienone is 1. The predicted octanol–water partition coefficient (Wildman–Crippen LogP) is 5.94. The molecular weight excluding hydrogens is 530 g/mol. The molecule has 2 unspecified atom stereocenters. The van der Waals surface area contributed by atoms with Crippen LogP contribution in [0.4, 0.5) is 4.79 Å². The molecule has 2 aromatic carbocycles. The van der Waals surface area contributed by atoms with Gasteiger partial charge in [0.15, 0.2) is 0 Å². The summed E-state index contributed by atoms with van der Waals surface area (Å²) in [7, 11) is -0.872. The fraction of sp³-hybridized carbons (Fsp3) is 0.471. The van der Waals surface area contributed by atoms with Gasteiger partial charge in [-0.25, -0.2) is 4.79 Å². The molecule has 0 aromatic heterocycles. The van der Waals surface area contributed by atoms with E-state index >= 15 is 0 Å². The zero-order valence-electron chi connectivity index (χ0n) is 25.6. The topological polar surface area (TPSA) is 65.1 Å². The second-order valence-corrected chi connectivity index (χ2v) is 18.0. The van der Waals surface area contributed by atoms with Gasteiger partial charge in [0.2, 0.25) is 0 Å². The van der Waals surface area contributed by atoms with Crippen LogP contribution >= 0.6 is 0 Å². The van der Waals surface area contributed by atoms with Crippen LogP contribution in [0.15, 0.2) is 84.1 Å². The Morgan fingerprint density at radius 3 is 2.02 bits per heavy atom. The summed E-state index contributed by atoms with van der Waals surface area (Å²) in [6, 6.07) is 22.7. The number of fused-ring (bicyclic) bond motifs is 1. The number of piperidine rings is 1. The fourth-order valence-corrected chi connectivity index (χ4v) is 11.7. The van der Waals surface area contributed by atoms with Crippen molar-refractivity contribution >= 4 is 30.5 Å². The van der Waals surface area contributed by atoms with Gasteiger partial charge in [-0.2, -0.15) is 0 Å². The number of carbonyl (C=O) groups excluding carboxylic acids is 2. The quantitative estimate of drug-likeness (QED) is 0.302. The molecule has 4 rings (SSSR count). The number of hydrogen-bond donors (Lipinski definition) is 0.